The van der Waals surface area contributed by atoms with Crippen LogP contribution in [-0.4, -0.2) is 38.1 Å². The van der Waals surface area contributed by atoms with Crippen LogP contribution in [-0.2, 0) is 22.4 Å². The molecule has 0 saturated heterocycles. The van der Waals surface area contributed by atoms with Crippen molar-refractivity contribution < 1.29 is 9.59 Å². The number of carbonyl (C=O) groups is 2. The number of aromatic amines is 1. The molecule has 9 heteroatoms. The number of aromatic nitrogens is 4. The number of H-pyrrole nitrogens is 1. The van der Waals surface area contributed by atoms with E-state index in [1.807, 2.05) is 37.3 Å². The van der Waals surface area contributed by atoms with E-state index in [1.54, 1.807) is 13.0 Å². The van der Waals surface area contributed by atoms with Crippen molar-refractivity contribution >= 4 is 17.6 Å². The van der Waals surface area contributed by atoms with Gasteiger partial charge in [-0.3, -0.25) is 19.4 Å². The maximum atomic E-state index is 12.3. The minimum absolute atomic E-state index is 0.179. The lowest BCUT2D eigenvalue weighted by molar-refractivity contribution is -0.136. The number of nitrogens with zero attached hydrogens (tertiary/aromatic N) is 3. The van der Waals surface area contributed by atoms with Crippen LogP contribution in [0.1, 0.15) is 30.3 Å². The average Bonchev–Trinajstić information content (AvgIpc) is 3.08. The van der Waals surface area contributed by atoms with E-state index in [9.17, 15) is 14.4 Å². The molecular weight excluding hydrogens is 384 g/mol. The van der Waals surface area contributed by atoms with Gasteiger partial charge in [0, 0.05) is 24.4 Å². The summed E-state index contributed by atoms with van der Waals surface area (Å²) in [5.41, 5.74) is 1.97. The number of hydrogen-bond donors (Lipinski definition) is 3. The highest BCUT2D eigenvalue weighted by Gasteiger charge is 2.18. The molecule has 0 bridgehead atoms. The SMILES string of the molecule is CCCc1cc(=O)[nH]c(-n2nc(C)cc2NC(=O)C(=O)NCCc2ccccc2)n1. The van der Waals surface area contributed by atoms with Gasteiger partial charge in [-0.15, -0.1) is 0 Å². The average molecular weight is 408 g/mol. The number of rotatable bonds is 7. The highest BCUT2D eigenvalue weighted by molar-refractivity contribution is 6.39. The summed E-state index contributed by atoms with van der Waals surface area (Å²) in [5, 5.41) is 9.41. The summed E-state index contributed by atoms with van der Waals surface area (Å²) in [4.78, 5) is 43.5. The molecule has 2 amide bonds. The van der Waals surface area contributed by atoms with E-state index in [0.29, 0.717) is 30.8 Å². The van der Waals surface area contributed by atoms with Crippen LogP contribution in [0.15, 0.2) is 47.3 Å². The van der Waals surface area contributed by atoms with E-state index in [2.05, 4.69) is 25.7 Å². The third kappa shape index (κ3) is 5.40. The molecule has 0 aliphatic heterocycles. The molecule has 0 saturated carbocycles. The molecule has 3 aromatic rings. The molecule has 0 aliphatic carbocycles. The molecule has 0 radical (unpaired) electrons. The Bertz CT molecular complexity index is 1090. The molecule has 1 aromatic carbocycles. The molecule has 3 rings (SSSR count). The number of hydrogen-bond acceptors (Lipinski definition) is 5. The Kier molecular flexibility index (Phi) is 6.74. The van der Waals surface area contributed by atoms with Gasteiger partial charge in [0.15, 0.2) is 0 Å². The van der Waals surface area contributed by atoms with Gasteiger partial charge in [-0.25, -0.2) is 4.98 Å². The van der Waals surface area contributed by atoms with Gasteiger partial charge in [0.1, 0.15) is 5.82 Å². The summed E-state index contributed by atoms with van der Waals surface area (Å²) < 4.78 is 1.31. The van der Waals surface area contributed by atoms with Crippen LogP contribution in [0, 0.1) is 6.92 Å². The van der Waals surface area contributed by atoms with Gasteiger partial charge in [0.25, 0.3) is 5.56 Å². The third-order valence-corrected chi connectivity index (χ3v) is 4.31. The number of anilines is 1. The number of nitrogens with one attached hydrogen (secondary N) is 3. The van der Waals surface area contributed by atoms with Crippen LogP contribution in [0.3, 0.4) is 0 Å². The number of carbonyl (C=O) groups excluding carboxylic acids is 2. The fraction of sp³-hybridized carbons (Fsp3) is 0.286. The molecule has 9 nitrogen and oxygen atoms in total. The van der Waals surface area contributed by atoms with Crippen LogP contribution in [0.5, 0.6) is 0 Å². The summed E-state index contributed by atoms with van der Waals surface area (Å²) >= 11 is 0. The zero-order chi connectivity index (χ0) is 21.5. The normalized spacial score (nSPS) is 10.6. The van der Waals surface area contributed by atoms with Gasteiger partial charge in [-0.2, -0.15) is 9.78 Å². The molecule has 0 atom stereocenters. The quantitative estimate of drug-likeness (QED) is 0.512. The van der Waals surface area contributed by atoms with Crippen molar-refractivity contribution in [1.82, 2.24) is 25.1 Å². The Balaban J connectivity index is 1.69. The van der Waals surface area contributed by atoms with Crippen LogP contribution in [0.2, 0.25) is 0 Å². The predicted octanol–water partition coefficient (Wildman–Crippen LogP) is 1.51. The van der Waals surface area contributed by atoms with Gasteiger partial charge in [-0.05, 0) is 25.3 Å². The summed E-state index contributed by atoms with van der Waals surface area (Å²) in [7, 11) is 0. The van der Waals surface area contributed by atoms with E-state index in [1.165, 1.54) is 10.7 Å². The lowest BCUT2D eigenvalue weighted by atomic mass is 10.1. The largest absolute Gasteiger partial charge is 0.347 e. The molecule has 2 aromatic heterocycles. The summed E-state index contributed by atoms with van der Waals surface area (Å²) in [6.45, 7) is 4.06. The molecule has 156 valence electrons. The number of amides is 2. The molecule has 30 heavy (non-hydrogen) atoms. The van der Waals surface area contributed by atoms with Crippen molar-refractivity contribution in [2.45, 2.75) is 33.1 Å². The lowest BCUT2D eigenvalue weighted by Crippen LogP contribution is -2.37. The second kappa shape index (κ2) is 9.64. The molecule has 3 N–H and O–H groups in total. The van der Waals surface area contributed by atoms with Gasteiger partial charge < -0.3 is 10.6 Å². The number of aryl methyl sites for hydroxylation is 2. The van der Waals surface area contributed by atoms with Gasteiger partial charge in [0.2, 0.25) is 5.95 Å². The first-order valence-corrected chi connectivity index (χ1v) is 9.76. The molecule has 0 unspecified atom stereocenters. The lowest BCUT2D eigenvalue weighted by Gasteiger charge is -2.09. The van der Waals surface area contributed by atoms with Crippen LogP contribution < -0.4 is 16.2 Å². The van der Waals surface area contributed by atoms with Crippen LogP contribution >= 0.6 is 0 Å². The van der Waals surface area contributed by atoms with Crippen LogP contribution in [0.25, 0.3) is 5.95 Å². The standard InChI is InChI=1S/C21H24N6O3/c1-3-7-16-13-18(28)25-21(23-16)27-17(12-14(2)26-27)24-20(30)19(29)22-11-10-15-8-5-4-6-9-15/h4-6,8-9,12-13H,3,7,10-11H2,1-2H3,(H,22,29)(H,24,30)(H,23,25,28). The maximum Gasteiger partial charge on any atom is 0.314 e. The smallest absolute Gasteiger partial charge is 0.314 e. The van der Waals surface area contributed by atoms with Gasteiger partial charge in [0.05, 0.1) is 5.69 Å². The second-order valence-electron chi connectivity index (χ2n) is 6.84. The first-order valence-electron chi connectivity index (χ1n) is 9.76. The topological polar surface area (TPSA) is 122 Å². The maximum absolute atomic E-state index is 12.3. The zero-order valence-corrected chi connectivity index (χ0v) is 16.9. The molecule has 0 aliphatic rings. The van der Waals surface area contributed by atoms with Gasteiger partial charge >= 0.3 is 11.8 Å². The minimum Gasteiger partial charge on any atom is -0.347 e. The summed E-state index contributed by atoms with van der Waals surface area (Å²) in [5.74, 6) is -1.15. The minimum atomic E-state index is -0.823. The van der Waals surface area contributed by atoms with E-state index in [4.69, 9.17) is 0 Å². The Morgan fingerprint density at radius 3 is 2.60 bits per heavy atom. The third-order valence-electron chi connectivity index (χ3n) is 4.31. The summed E-state index contributed by atoms with van der Waals surface area (Å²) in [6, 6.07) is 12.7. The monoisotopic (exact) mass is 408 g/mol. The molecule has 0 fully saturated rings. The first kappa shape index (κ1) is 21.0. The Morgan fingerprint density at radius 1 is 1.10 bits per heavy atom. The van der Waals surface area contributed by atoms with Crippen molar-refractivity contribution in [2.75, 3.05) is 11.9 Å². The van der Waals surface area contributed by atoms with Crippen molar-refractivity contribution in [1.29, 1.82) is 0 Å². The second-order valence-corrected chi connectivity index (χ2v) is 6.84. The van der Waals surface area contributed by atoms with Crippen molar-refractivity contribution in [2.24, 2.45) is 0 Å². The Morgan fingerprint density at radius 2 is 1.87 bits per heavy atom. The first-order chi connectivity index (χ1) is 14.5. The van der Waals surface area contributed by atoms with Crippen molar-refractivity contribution in [3.8, 4) is 5.95 Å². The van der Waals surface area contributed by atoms with E-state index in [0.717, 1.165) is 12.0 Å². The highest BCUT2D eigenvalue weighted by atomic mass is 16.2. The van der Waals surface area contributed by atoms with E-state index >= 15 is 0 Å². The van der Waals surface area contributed by atoms with Crippen LogP contribution in [0.4, 0.5) is 5.82 Å². The summed E-state index contributed by atoms with van der Waals surface area (Å²) in [6.07, 6.45) is 2.09. The fourth-order valence-corrected chi connectivity index (χ4v) is 2.95. The fourth-order valence-electron chi connectivity index (χ4n) is 2.95. The molecular formula is C21H24N6O3. The van der Waals surface area contributed by atoms with E-state index < -0.39 is 11.8 Å². The Hall–Kier alpha value is -3.75. The Labute approximate surface area is 173 Å². The molecule has 0 spiro atoms. The zero-order valence-electron chi connectivity index (χ0n) is 16.9. The number of benzene rings is 1. The molecule has 2 heterocycles. The van der Waals surface area contributed by atoms with Gasteiger partial charge in [-0.1, -0.05) is 43.7 Å². The highest BCUT2D eigenvalue weighted by Crippen LogP contribution is 2.14. The predicted molar refractivity (Wildman–Crippen MR) is 112 cm³/mol. The van der Waals surface area contributed by atoms with Crippen molar-refractivity contribution in [3.05, 3.63) is 69.8 Å². The van der Waals surface area contributed by atoms with E-state index in [-0.39, 0.29) is 17.3 Å². The van der Waals surface area contributed by atoms with Crippen molar-refractivity contribution in [3.63, 3.8) is 0 Å².